The number of carbonyl (C=O) groups excluding carboxylic acids is 1. The molecule has 1 aliphatic rings. The fourth-order valence-corrected chi connectivity index (χ4v) is 1.97. The van der Waals surface area contributed by atoms with Gasteiger partial charge in [0.25, 0.3) is 5.91 Å². The molecular formula is C12H16N2O2. The zero-order chi connectivity index (χ0) is 11.4. The Morgan fingerprint density at radius 3 is 2.44 bits per heavy atom. The van der Waals surface area contributed by atoms with E-state index in [1.807, 2.05) is 12.1 Å². The molecule has 0 unspecified atom stereocenters. The van der Waals surface area contributed by atoms with Crippen LogP contribution in [0.5, 0.6) is 5.75 Å². The Balaban J connectivity index is 1.98. The average Bonchev–Trinajstić information content (AvgIpc) is 2.82. The topological polar surface area (TPSA) is 64.3 Å². The summed E-state index contributed by atoms with van der Waals surface area (Å²) >= 11 is 0. The van der Waals surface area contributed by atoms with E-state index in [0.717, 1.165) is 18.6 Å². The third kappa shape index (κ3) is 2.52. The van der Waals surface area contributed by atoms with Crippen molar-refractivity contribution in [2.24, 2.45) is 5.84 Å². The number of carbonyl (C=O) groups is 1. The summed E-state index contributed by atoms with van der Waals surface area (Å²) in [5.41, 5.74) is 2.64. The van der Waals surface area contributed by atoms with Gasteiger partial charge in [0.2, 0.25) is 0 Å². The van der Waals surface area contributed by atoms with Crippen LogP contribution in [0.25, 0.3) is 0 Å². The summed E-state index contributed by atoms with van der Waals surface area (Å²) < 4.78 is 5.78. The van der Waals surface area contributed by atoms with Crippen molar-refractivity contribution in [3.05, 3.63) is 29.8 Å². The number of nitrogens with two attached hydrogens (primary N) is 1. The van der Waals surface area contributed by atoms with Crippen molar-refractivity contribution in [2.45, 2.75) is 31.8 Å². The van der Waals surface area contributed by atoms with Crippen LogP contribution < -0.4 is 16.0 Å². The number of nitrogen functional groups attached to an aromatic ring is 1. The van der Waals surface area contributed by atoms with Crippen molar-refractivity contribution in [1.29, 1.82) is 0 Å². The van der Waals surface area contributed by atoms with Crippen LogP contribution in [-0.4, -0.2) is 12.0 Å². The van der Waals surface area contributed by atoms with Crippen molar-refractivity contribution in [2.75, 3.05) is 0 Å². The summed E-state index contributed by atoms with van der Waals surface area (Å²) in [5.74, 6) is 5.58. The van der Waals surface area contributed by atoms with Gasteiger partial charge in [-0.15, -0.1) is 0 Å². The van der Waals surface area contributed by atoms with Crippen LogP contribution in [0.4, 0.5) is 0 Å². The molecule has 1 amide bonds. The zero-order valence-electron chi connectivity index (χ0n) is 9.11. The highest BCUT2D eigenvalue weighted by Gasteiger charge is 2.16. The van der Waals surface area contributed by atoms with Crippen LogP contribution in [0.1, 0.15) is 36.0 Å². The standard InChI is InChI=1S/C12H16N2O2/c13-14-12(15)9-5-7-11(8-6-9)16-10-3-1-2-4-10/h5-8,10H,1-4,13H2,(H,14,15). The Hall–Kier alpha value is -1.55. The number of hydrogen-bond acceptors (Lipinski definition) is 3. The van der Waals surface area contributed by atoms with Gasteiger partial charge >= 0.3 is 0 Å². The molecule has 1 aromatic rings. The van der Waals surface area contributed by atoms with Gasteiger partial charge in [0, 0.05) is 5.56 Å². The molecule has 1 aromatic carbocycles. The maximum absolute atomic E-state index is 11.2. The quantitative estimate of drug-likeness (QED) is 0.462. The molecule has 86 valence electrons. The third-order valence-corrected chi connectivity index (χ3v) is 2.85. The predicted octanol–water partition coefficient (Wildman–Crippen LogP) is 1.61. The van der Waals surface area contributed by atoms with E-state index < -0.39 is 0 Å². The number of hydrazine groups is 1. The molecular weight excluding hydrogens is 204 g/mol. The summed E-state index contributed by atoms with van der Waals surface area (Å²) in [5, 5.41) is 0. The Morgan fingerprint density at radius 1 is 1.25 bits per heavy atom. The predicted molar refractivity (Wildman–Crippen MR) is 61.0 cm³/mol. The van der Waals surface area contributed by atoms with Gasteiger partial charge in [-0.1, -0.05) is 0 Å². The van der Waals surface area contributed by atoms with E-state index in [4.69, 9.17) is 10.6 Å². The van der Waals surface area contributed by atoms with Gasteiger partial charge in [-0.3, -0.25) is 10.2 Å². The molecule has 0 atom stereocenters. The van der Waals surface area contributed by atoms with Crippen LogP contribution in [0.3, 0.4) is 0 Å². The molecule has 1 saturated carbocycles. The Labute approximate surface area is 94.8 Å². The lowest BCUT2D eigenvalue weighted by molar-refractivity contribution is 0.0953. The SMILES string of the molecule is NNC(=O)c1ccc(OC2CCCC2)cc1. The molecule has 4 heteroatoms. The number of benzene rings is 1. The van der Waals surface area contributed by atoms with E-state index in [2.05, 4.69) is 5.43 Å². The second-order valence-corrected chi connectivity index (χ2v) is 4.02. The van der Waals surface area contributed by atoms with E-state index in [1.54, 1.807) is 12.1 Å². The van der Waals surface area contributed by atoms with Crippen molar-refractivity contribution >= 4 is 5.91 Å². The van der Waals surface area contributed by atoms with Crippen molar-refractivity contribution in [1.82, 2.24) is 5.43 Å². The third-order valence-electron chi connectivity index (χ3n) is 2.85. The summed E-state index contributed by atoms with van der Waals surface area (Å²) in [6.07, 6.45) is 5.10. The fraction of sp³-hybridized carbons (Fsp3) is 0.417. The Morgan fingerprint density at radius 2 is 1.88 bits per heavy atom. The highest BCUT2D eigenvalue weighted by molar-refractivity contribution is 5.93. The van der Waals surface area contributed by atoms with E-state index in [-0.39, 0.29) is 5.91 Å². The van der Waals surface area contributed by atoms with Gasteiger partial charge in [0.05, 0.1) is 6.10 Å². The fourth-order valence-electron chi connectivity index (χ4n) is 1.97. The van der Waals surface area contributed by atoms with Gasteiger partial charge in [0.1, 0.15) is 5.75 Å². The summed E-state index contributed by atoms with van der Waals surface area (Å²) in [4.78, 5) is 11.2. The van der Waals surface area contributed by atoms with Gasteiger partial charge in [-0.25, -0.2) is 5.84 Å². The first-order valence-electron chi connectivity index (χ1n) is 5.57. The van der Waals surface area contributed by atoms with Gasteiger partial charge in [-0.05, 0) is 49.9 Å². The molecule has 16 heavy (non-hydrogen) atoms. The minimum Gasteiger partial charge on any atom is -0.490 e. The number of hydrogen-bond donors (Lipinski definition) is 2. The number of nitrogens with one attached hydrogen (secondary N) is 1. The summed E-state index contributed by atoms with van der Waals surface area (Å²) in [6.45, 7) is 0. The number of amides is 1. The molecule has 0 aliphatic heterocycles. The van der Waals surface area contributed by atoms with Crippen LogP contribution >= 0.6 is 0 Å². The van der Waals surface area contributed by atoms with Gasteiger partial charge in [0.15, 0.2) is 0 Å². The minimum atomic E-state index is -0.285. The number of rotatable bonds is 3. The molecule has 0 saturated heterocycles. The van der Waals surface area contributed by atoms with Crippen molar-refractivity contribution in [3.63, 3.8) is 0 Å². The zero-order valence-corrected chi connectivity index (χ0v) is 9.11. The molecule has 1 aliphatic carbocycles. The second kappa shape index (κ2) is 4.99. The maximum atomic E-state index is 11.2. The molecule has 0 aromatic heterocycles. The van der Waals surface area contributed by atoms with E-state index in [0.29, 0.717) is 11.7 Å². The maximum Gasteiger partial charge on any atom is 0.265 e. The van der Waals surface area contributed by atoms with Crippen LogP contribution in [0.2, 0.25) is 0 Å². The van der Waals surface area contributed by atoms with Crippen molar-refractivity contribution in [3.8, 4) is 5.75 Å². The van der Waals surface area contributed by atoms with Gasteiger partial charge in [-0.2, -0.15) is 0 Å². The molecule has 3 N–H and O–H groups in total. The summed E-state index contributed by atoms with van der Waals surface area (Å²) in [6, 6.07) is 7.05. The second-order valence-electron chi connectivity index (χ2n) is 4.02. The molecule has 0 heterocycles. The molecule has 0 bridgehead atoms. The summed E-state index contributed by atoms with van der Waals surface area (Å²) in [7, 11) is 0. The smallest absolute Gasteiger partial charge is 0.265 e. The highest BCUT2D eigenvalue weighted by Crippen LogP contribution is 2.24. The van der Waals surface area contributed by atoms with Crippen LogP contribution in [-0.2, 0) is 0 Å². The molecule has 1 fully saturated rings. The normalized spacial score (nSPS) is 16.1. The highest BCUT2D eigenvalue weighted by atomic mass is 16.5. The van der Waals surface area contributed by atoms with E-state index >= 15 is 0 Å². The lowest BCUT2D eigenvalue weighted by Gasteiger charge is -2.12. The molecule has 2 rings (SSSR count). The average molecular weight is 220 g/mol. The van der Waals surface area contributed by atoms with E-state index in [1.165, 1.54) is 12.8 Å². The van der Waals surface area contributed by atoms with Crippen molar-refractivity contribution < 1.29 is 9.53 Å². The molecule has 0 radical (unpaired) electrons. The van der Waals surface area contributed by atoms with Gasteiger partial charge < -0.3 is 4.74 Å². The monoisotopic (exact) mass is 220 g/mol. The first kappa shape index (κ1) is 11.0. The first-order valence-corrected chi connectivity index (χ1v) is 5.57. The Kier molecular flexibility index (Phi) is 3.41. The van der Waals surface area contributed by atoms with Crippen LogP contribution in [0.15, 0.2) is 24.3 Å². The number of ether oxygens (including phenoxy) is 1. The minimum absolute atomic E-state index is 0.285. The molecule has 0 spiro atoms. The largest absolute Gasteiger partial charge is 0.490 e. The van der Waals surface area contributed by atoms with E-state index in [9.17, 15) is 4.79 Å². The molecule has 4 nitrogen and oxygen atoms in total. The van der Waals surface area contributed by atoms with Crippen LogP contribution in [0, 0.1) is 0 Å². The lowest BCUT2D eigenvalue weighted by atomic mass is 10.2. The lowest BCUT2D eigenvalue weighted by Crippen LogP contribution is -2.29. The Bertz CT molecular complexity index is 356. The first-order chi connectivity index (χ1) is 7.79.